The van der Waals surface area contributed by atoms with Crippen molar-refractivity contribution >= 4 is 17.6 Å². The van der Waals surface area contributed by atoms with Crippen molar-refractivity contribution in [3.8, 4) is 16.9 Å². The lowest BCUT2D eigenvalue weighted by Crippen LogP contribution is -2.18. The third-order valence-electron chi connectivity index (χ3n) is 6.83. The number of carboxylic acid groups (broad SMARTS) is 1. The molecule has 37 heavy (non-hydrogen) atoms. The number of aryl methyl sites for hydroxylation is 2. The number of aromatic carboxylic acids is 1. The van der Waals surface area contributed by atoms with Gasteiger partial charge in [0.15, 0.2) is 5.82 Å². The van der Waals surface area contributed by atoms with Gasteiger partial charge >= 0.3 is 5.97 Å². The number of benzene rings is 2. The highest BCUT2D eigenvalue weighted by molar-refractivity contribution is 5.90. The maximum atomic E-state index is 13.5. The fraction of sp³-hybridized carbons (Fsp3) is 0.286. The van der Waals surface area contributed by atoms with Crippen molar-refractivity contribution < 1.29 is 19.4 Å². The minimum absolute atomic E-state index is 0.0965. The summed E-state index contributed by atoms with van der Waals surface area (Å²) < 4.78 is 15.4. The molecule has 2 aromatic carbocycles. The van der Waals surface area contributed by atoms with E-state index in [1.807, 2.05) is 42.0 Å². The van der Waals surface area contributed by atoms with E-state index in [0.29, 0.717) is 24.4 Å². The van der Waals surface area contributed by atoms with Crippen LogP contribution in [0.4, 0.5) is 16.0 Å². The number of aromatic nitrogens is 4. The van der Waals surface area contributed by atoms with Gasteiger partial charge in [0.25, 0.3) is 0 Å². The van der Waals surface area contributed by atoms with E-state index < -0.39 is 11.8 Å². The first-order valence-electron chi connectivity index (χ1n) is 12.2. The van der Waals surface area contributed by atoms with Crippen molar-refractivity contribution in [2.75, 3.05) is 5.32 Å². The number of imidazole rings is 1. The molecule has 0 atom stereocenters. The largest absolute Gasteiger partial charge is 0.478 e. The number of nitrogens with zero attached hydrogens (tertiary/aromatic N) is 4. The summed E-state index contributed by atoms with van der Waals surface area (Å²) in [6.45, 7) is 3.56. The summed E-state index contributed by atoms with van der Waals surface area (Å²) in [4.78, 5) is 24.6. The Kier molecular flexibility index (Phi) is 6.71. The summed E-state index contributed by atoms with van der Waals surface area (Å²) in [7, 11) is 0. The number of rotatable bonds is 6. The molecule has 9 heteroatoms. The highest BCUT2D eigenvalue weighted by atomic mass is 19.1. The molecule has 0 bridgehead atoms. The fourth-order valence-electron chi connectivity index (χ4n) is 4.88. The van der Waals surface area contributed by atoms with Gasteiger partial charge in [0.2, 0.25) is 5.95 Å². The highest BCUT2D eigenvalue weighted by Gasteiger charge is 2.25. The second-order valence-corrected chi connectivity index (χ2v) is 9.59. The van der Waals surface area contributed by atoms with Crippen LogP contribution in [0, 0.1) is 19.7 Å². The van der Waals surface area contributed by atoms with Crippen LogP contribution in [-0.4, -0.2) is 41.8 Å². The van der Waals surface area contributed by atoms with Gasteiger partial charge in [-0.15, -0.1) is 0 Å². The predicted molar refractivity (Wildman–Crippen MR) is 138 cm³/mol. The Hall–Kier alpha value is -4.11. The van der Waals surface area contributed by atoms with E-state index in [4.69, 9.17) is 0 Å². The Labute approximate surface area is 213 Å². The first-order chi connectivity index (χ1) is 17.8. The Morgan fingerprint density at radius 1 is 1.08 bits per heavy atom. The summed E-state index contributed by atoms with van der Waals surface area (Å²) in [6.07, 6.45) is 7.32. The average molecular weight is 502 g/mol. The Morgan fingerprint density at radius 2 is 1.86 bits per heavy atom. The minimum atomic E-state index is -0.946. The van der Waals surface area contributed by atoms with Crippen LogP contribution in [0.2, 0.25) is 0 Å². The molecule has 0 amide bonds. The molecule has 1 saturated carbocycles. The second-order valence-electron chi connectivity index (χ2n) is 9.59. The normalized spacial score (nSPS) is 17.5. The van der Waals surface area contributed by atoms with Gasteiger partial charge in [-0.2, -0.15) is 0 Å². The van der Waals surface area contributed by atoms with Crippen molar-refractivity contribution in [1.29, 1.82) is 0 Å². The van der Waals surface area contributed by atoms with E-state index in [-0.39, 0.29) is 17.7 Å². The van der Waals surface area contributed by atoms with E-state index in [1.165, 1.54) is 0 Å². The van der Waals surface area contributed by atoms with Gasteiger partial charge in [-0.3, -0.25) is 0 Å². The molecule has 1 aliphatic rings. The molecule has 4 aromatic rings. The molecule has 0 saturated heterocycles. The fourth-order valence-corrected chi connectivity index (χ4v) is 4.88. The molecular weight excluding hydrogens is 473 g/mol. The first kappa shape index (κ1) is 24.6. The van der Waals surface area contributed by atoms with Crippen molar-refractivity contribution in [3.05, 3.63) is 83.3 Å². The zero-order chi connectivity index (χ0) is 26.1. The van der Waals surface area contributed by atoms with Crippen molar-refractivity contribution in [3.63, 3.8) is 0 Å². The standard InChI is InChI=1S/C28H28FN5O3/c1-16-9-20(33-28-30-13-25(29)17(2)32-28)12-21(10-16)34-14-26(31-15-34)19-5-8-23(27(36)37)24(11-19)18-3-6-22(35)7-4-18/h5,8-15,18,22,35H,3-4,6-7H2,1-2H3,(H,36,37)(H,30,32,33). The number of aliphatic hydroxyl groups is 1. The van der Waals surface area contributed by atoms with Crippen molar-refractivity contribution in [2.45, 2.75) is 51.6 Å². The van der Waals surface area contributed by atoms with E-state index in [1.54, 1.807) is 25.4 Å². The van der Waals surface area contributed by atoms with Gasteiger partial charge in [0, 0.05) is 23.1 Å². The monoisotopic (exact) mass is 501 g/mol. The highest BCUT2D eigenvalue weighted by Crippen LogP contribution is 2.36. The average Bonchev–Trinajstić information content (AvgIpc) is 3.37. The summed E-state index contributed by atoms with van der Waals surface area (Å²) in [5.74, 6) is -0.998. The lowest BCUT2D eigenvalue weighted by molar-refractivity contribution is 0.0694. The zero-order valence-electron chi connectivity index (χ0n) is 20.6. The van der Waals surface area contributed by atoms with E-state index in [0.717, 1.165) is 52.8 Å². The number of hydrogen-bond acceptors (Lipinski definition) is 6. The van der Waals surface area contributed by atoms with E-state index >= 15 is 0 Å². The maximum Gasteiger partial charge on any atom is 0.335 e. The Balaban J connectivity index is 1.44. The first-order valence-corrected chi connectivity index (χ1v) is 12.2. The van der Waals surface area contributed by atoms with Gasteiger partial charge in [0.1, 0.15) is 0 Å². The van der Waals surface area contributed by atoms with Gasteiger partial charge < -0.3 is 20.1 Å². The van der Waals surface area contributed by atoms with Crippen molar-refractivity contribution in [2.24, 2.45) is 0 Å². The molecule has 0 spiro atoms. The topological polar surface area (TPSA) is 113 Å². The van der Waals surface area contributed by atoms with Crippen LogP contribution < -0.4 is 5.32 Å². The number of carboxylic acids is 1. The minimum Gasteiger partial charge on any atom is -0.478 e. The summed E-state index contributed by atoms with van der Waals surface area (Å²) in [5.41, 5.74) is 5.55. The SMILES string of the molecule is Cc1cc(Nc2ncc(F)c(C)n2)cc(-n2cnc(-c3ccc(C(=O)O)c(C4CCC(O)CC4)c3)c2)c1. The van der Waals surface area contributed by atoms with E-state index in [9.17, 15) is 19.4 Å². The number of carbonyl (C=O) groups is 1. The van der Waals surface area contributed by atoms with Crippen LogP contribution in [0.25, 0.3) is 16.9 Å². The summed E-state index contributed by atoms with van der Waals surface area (Å²) in [6, 6.07) is 11.2. The molecular formula is C28H28FN5O3. The molecule has 5 rings (SSSR count). The predicted octanol–water partition coefficient (Wildman–Crippen LogP) is 5.55. The Morgan fingerprint density at radius 3 is 2.59 bits per heavy atom. The molecule has 190 valence electrons. The van der Waals surface area contributed by atoms with Crippen LogP contribution in [0.15, 0.2) is 55.1 Å². The quantitative estimate of drug-likeness (QED) is 0.318. The summed E-state index contributed by atoms with van der Waals surface area (Å²) in [5, 5.41) is 22.8. The second kappa shape index (κ2) is 10.1. The zero-order valence-corrected chi connectivity index (χ0v) is 20.6. The molecule has 1 fully saturated rings. The van der Waals surface area contributed by atoms with Crippen molar-refractivity contribution in [1.82, 2.24) is 19.5 Å². The molecule has 8 nitrogen and oxygen atoms in total. The summed E-state index contributed by atoms with van der Waals surface area (Å²) >= 11 is 0. The van der Waals surface area contributed by atoms with Crippen LogP contribution >= 0.6 is 0 Å². The van der Waals surface area contributed by atoms with Gasteiger partial charge in [-0.1, -0.05) is 6.07 Å². The van der Waals surface area contributed by atoms with Crippen LogP contribution in [0.1, 0.15) is 58.8 Å². The third-order valence-corrected chi connectivity index (χ3v) is 6.83. The third kappa shape index (κ3) is 5.36. The lowest BCUT2D eigenvalue weighted by Gasteiger charge is -2.27. The number of hydrogen-bond donors (Lipinski definition) is 3. The number of aliphatic hydroxyl groups excluding tert-OH is 1. The molecule has 3 N–H and O–H groups in total. The molecule has 1 aliphatic carbocycles. The number of nitrogens with one attached hydrogen (secondary N) is 1. The molecule has 0 radical (unpaired) electrons. The maximum absolute atomic E-state index is 13.5. The van der Waals surface area contributed by atoms with Gasteiger partial charge in [-0.05, 0) is 86.9 Å². The van der Waals surface area contributed by atoms with E-state index in [2.05, 4.69) is 20.3 Å². The molecule has 0 aliphatic heterocycles. The van der Waals surface area contributed by atoms with Crippen LogP contribution in [0.5, 0.6) is 0 Å². The lowest BCUT2D eigenvalue weighted by atomic mass is 9.80. The number of halogens is 1. The van der Waals surface area contributed by atoms with Gasteiger partial charge in [-0.25, -0.2) is 24.1 Å². The molecule has 2 heterocycles. The van der Waals surface area contributed by atoms with Gasteiger partial charge in [0.05, 0.1) is 35.6 Å². The Bertz CT molecular complexity index is 1460. The molecule has 0 unspecified atom stereocenters. The van der Waals surface area contributed by atoms with Crippen LogP contribution in [0.3, 0.4) is 0 Å². The smallest absolute Gasteiger partial charge is 0.335 e. The van der Waals surface area contributed by atoms with Crippen LogP contribution in [-0.2, 0) is 0 Å². The number of anilines is 2. The molecule has 2 aromatic heterocycles.